The quantitative estimate of drug-likeness (QED) is 0.866. The number of benzene rings is 1. The number of hydrogen-bond acceptors (Lipinski definition) is 4. The Labute approximate surface area is 131 Å². The third-order valence-electron chi connectivity index (χ3n) is 3.42. The first-order valence-electron chi connectivity index (χ1n) is 6.90. The van der Waals surface area contributed by atoms with Gasteiger partial charge in [0.15, 0.2) is 11.5 Å². The van der Waals surface area contributed by atoms with Crippen LogP contribution in [0.4, 0.5) is 0 Å². The van der Waals surface area contributed by atoms with Gasteiger partial charge in [-0.1, -0.05) is 19.9 Å². The van der Waals surface area contributed by atoms with Crippen molar-refractivity contribution in [1.29, 1.82) is 0 Å². The monoisotopic (exact) mass is 314 g/mol. The highest BCUT2D eigenvalue weighted by Crippen LogP contribution is 2.34. The highest BCUT2D eigenvalue weighted by Gasteiger charge is 2.24. The van der Waals surface area contributed by atoms with E-state index >= 15 is 0 Å². The summed E-state index contributed by atoms with van der Waals surface area (Å²) in [6.07, 6.45) is 0.358. The summed E-state index contributed by atoms with van der Waals surface area (Å²) in [4.78, 5) is 11.5. The number of nitrogens with one attached hydrogen (secondary N) is 1. The van der Waals surface area contributed by atoms with Crippen molar-refractivity contribution >= 4 is 18.3 Å². The number of hydrogen-bond donors (Lipinski definition) is 2. The number of carbonyl (C=O) groups excluding carboxylic acids is 1. The lowest BCUT2D eigenvalue weighted by atomic mass is 9.84. The molecule has 0 aliphatic carbocycles. The number of rotatable bonds is 5. The van der Waals surface area contributed by atoms with Crippen molar-refractivity contribution in [2.45, 2.75) is 25.7 Å². The smallest absolute Gasteiger partial charge is 0.221 e. The Bertz CT molecular complexity index is 492. The molecule has 1 aromatic carbocycles. The van der Waals surface area contributed by atoms with E-state index in [-0.39, 0.29) is 23.7 Å². The van der Waals surface area contributed by atoms with Crippen molar-refractivity contribution in [3.8, 4) is 11.5 Å². The summed E-state index contributed by atoms with van der Waals surface area (Å²) >= 11 is 0. The highest BCUT2D eigenvalue weighted by molar-refractivity contribution is 5.85. The Morgan fingerprint density at radius 1 is 1.29 bits per heavy atom. The van der Waals surface area contributed by atoms with Gasteiger partial charge < -0.3 is 20.5 Å². The number of halogens is 1. The van der Waals surface area contributed by atoms with Crippen LogP contribution in [0.25, 0.3) is 0 Å². The Hall–Kier alpha value is -1.46. The molecule has 1 aliphatic heterocycles. The summed E-state index contributed by atoms with van der Waals surface area (Å²) in [6.45, 7) is 6.26. The molecule has 1 amide bonds. The van der Waals surface area contributed by atoms with Gasteiger partial charge >= 0.3 is 0 Å². The standard InChI is InChI=1S/C15H22N2O3.ClH/c1-15(2,10-17-14(18)5-6-16)11-3-4-12-13(9-11)20-8-7-19-12;/h3-4,9H,5-8,10,16H2,1-2H3,(H,17,18);1H. The van der Waals surface area contributed by atoms with E-state index in [1.54, 1.807) is 0 Å². The lowest BCUT2D eigenvalue weighted by molar-refractivity contribution is -0.121. The zero-order chi connectivity index (χ0) is 14.6. The van der Waals surface area contributed by atoms with E-state index in [0.29, 0.717) is 32.7 Å². The molecule has 1 heterocycles. The van der Waals surface area contributed by atoms with E-state index in [9.17, 15) is 4.79 Å². The number of ether oxygens (including phenoxy) is 2. The molecule has 21 heavy (non-hydrogen) atoms. The first-order valence-corrected chi connectivity index (χ1v) is 6.90. The average molecular weight is 315 g/mol. The van der Waals surface area contributed by atoms with Crippen LogP contribution >= 0.6 is 12.4 Å². The van der Waals surface area contributed by atoms with Gasteiger partial charge in [-0.25, -0.2) is 0 Å². The second-order valence-electron chi connectivity index (χ2n) is 5.56. The van der Waals surface area contributed by atoms with Crippen molar-refractivity contribution in [3.05, 3.63) is 23.8 Å². The predicted octanol–water partition coefficient (Wildman–Crippen LogP) is 1.62. The van der Waals surface area contributed by atoms with E-state index in [1.807, 2.05) is 18.2 Å². The molecule has 0 atom stereocenters. The fourth-order valence-electron chi connectivity index (χ4n) is 2.11. The second kappa shape index (κ2) is 7.52. The molecule has 3 N–H and O–H groups in total. The maximum atomic E-state index is 11.5. The number of carbonyl (C=O) groups is 1. The van der Waals surface area contributed by atoms with Gasteiger partial charge in [-0.3, -0.25) is 4.79 Å². The van der Waals surface area contributed by atoms with Crippen LogP contribution in [0.5, 0.6) is 11.5 Å². The first-order chi connectivity index (χ1) is 9.53. The molecule has 6 heteroatoms. The number of amides is 1. The van der Waals surface area contributed by atoms with Crippen LogP contribution in [0, 0.1) is 0 Å². The van der Waals surface area contributed by atoms with E-state index < -0.39 is 0 Å². The van der Waals surface area contributed by atoms with Crippen LogP contribution in [0.2, 0.25) is 0 Å². The van der Waals surface area contributed by atoms with Crippen LogP contribution in [-0.4, -0.2) is 32.2 Å². The predicted molar refractivity (Wildman–Crippen MR) is 84.4 cm³/mol. The molecule has 0 saturated heterocycles. The van der Waals surface area contributed by atoms with Gasteiger partial charge in [-0.15, -0.1) is 12.4 Å². The zero-order valence-electron chi connectivity index (χ0n) is 12.5. The fraction of sp³-hybridized carbons (Fsp3) is 0.533. The van der Waals surface area contributed by atoms with Crippen LogP contribution < -0.4 is 20.5 Å². The molecule has 0 fully saturated rings. The van der Waals surface area contributed by atoms with E-state index in [0.717, 1.165) is 17.1 Å². The van der Waals surface area contributed by atoms with Crippen LogP contribution in [0.1, 0.15) is 25.8 Å². The van der Waals surface area contributed by atoms with Gasteiger partial charge in [0, 0.05) is 24.9 Å². The van der Waals surface area contributed by atoms with Crippen LogP contribution in [0.15, 0.2) is 18.2 Å². The topological polar surface area (TPSA) is 73.6 Å². The van der Waals surface area contributed by atoms with Crippen LogP contribution in [-0.2, 0) is 10.2 Å². The van der Waals surface area contributed by atoms with Gasteiger partial charge in [0.25, 0.3) is 0 Å². The molecule has 1 aromatic rings. The Kier molecular flexibility index (Phi) is 6.30. The third kappa shape index (κ3) is 4.51. The number of nitrogens with two attached hydrogens (primary N) is 1. The maximum absolute atomic E-state index is 11.5. The van der Waals surface area contributed by atoms with Crippen molar-refractivity contribution in [1.82, 2.24) is 5.32 Å². The molecular formula is C15H23ClN2O3. The zero-order valence-corrected chi connectivity index (χ0v) is 13.3. The fourth-order valence-corrected chi connectivity index (χ4v) is 2.11. The maximum Gasteiger partial charge on any atom is 0.221 e. The summed E-state index contributed by atoms with van der Waals surface area (Å²) < 4.78 is 11.1. The van der Waals surface area contributed by atoms with Gasteiger partial charge in [0.1, 0.15) is 13.2 Å². The Morgan fingerprint density at radius 3 is 2.62 bits per heavy atom. The van der Waals surface area contributed by atoms with E-state index in [2.05, 4.69) is 19.2 Å². The minimum atomic E-state index is -0.180. The minimum Gasteiger partial charge on any atom is -0.486 e. The van der Waals surface area contributed by atoms with Gasteiger partial charge in [0.2, 0.25) is 5.91 Å². The molecule has 5 nitrogen and oxygen atoms in total. The summed E-state index contributed by atoms with van der Waals surface area (Å²) in [7, 11) is 0. The van der Waals surface area contributed by atoms with Gasteiger partial charge in [-0.2, -0.15) is 0 Å². The number of fused-ring (bicyclic) bond motifs is 1. The van der Waals surface area contributed by atoms with Gasteiger partial charge in [0.05, 0.1) is 0 Å². The molecular weight excluding hydrogens is 292 g/mol. The second-order valence-corrected chi connectivity index (χ2v) is 5.56. The molecule has 0 radical (unpaired) electrons. The summed E-state index contributed by atoms with van der Waals surface area (Å²) in [5, 5.41) is 2.91. The van der Waals surface area contributed by atoms with Crippen LogP contribution in [0.3, 0.4) is 0 Å². The summed E-state index contributed by atoms with van der Waals surface area (Å²) in [5.41, 5.74) is 6.29. The molecule has 0 bridgehead atoms. The van der Waals surface area contributed by atoms with E-state index in [1.165, 1.54) is 0 Å². The Morgan fingerprint density at radius 2 is 1.95 bits per heavy atom. The minimum absolute atomic E-state index is 0. The lowest BCUT2D eigenvalue weighted by Crippen LogP contribution is -2.37. The largest absolute Gasteiger partial charge is 0.486 e. The molecule has 0 spiro atoms. The molecule has 118 valence electrons. The lowest BCUT2D eigenvalue weighted by Gasteiger charge is -2.27. The molecule has 2 rings (SSSR count). The normalized spacial score (nSPS) is 13.3. The summed E-state index contributed by atoms with van der Waals surface area (Å²) in [6, 6.07) is 5.93. The van der Waals surface area contributed by atoms with Crippen molar-refractivity contribution < 1.29 is 14.3 Å². The average Bonchev–Trinajstić information content (AvgIpc) is 2.45. The highest BCUT2D eigenvalue weighted by atomic mass is 35.5. The molecule has 1 aliphatic rings. The van der Waals surface area contributed by atoms with Crippen molar-refractivity contribution in [2.24, 2.45) is 5.73 Å². The Balaban J connectivity index is 0.00000220. The SMILES string of the molecule is CC(C)(CNC(=O)CCN)c1ccc2c(c1)OCCO2.Cl. The van der Waals surface area contributed by atoms with Crippen molar-refractivity contribution in [2.75, 3.05) is 26.3 Å². The molecule has 0 aromatic heterocycles. The van der Waals surface area contributed by atoms with Crippen molar-refractivity contribution in [3.63, 3.8) is 0 Å². The molecule has 0 unspecified atom stereocenters. The molecule has 0 saturated carbocycles. The first kappa shape index (κ1) is 17.6. The summed E-state index contributed by atoms with van der Waals surface area (Å²) in [5.74, 6) is 1.54. The van der Waals surface area contributed by atoms with E-state index in [4.69, 9.17) is 15.2 Å². The van der Waals surface area contributed by atoms with Gasteiger partial charge in [-0.05, 0) is 17.7 Å². The third-order valence-corrected chi connectivity index (χ3v) is 3.42.